The van der Waals surface area contributed by atoms with Gasteiger partial charge in [-0.1, -0.05) is 6.07 Å². The normalized spacial score (nSPS) is 17.3. The van der Waals surface area contributed by atoms with Crippen LogP contribution in [0.25, 0.3) is 0 Å². The number of likely N-dealkylation sites (tertiary alicyclic amines) is 1. The number of aryl methyl sites for hydroxylation is 2. The van der Waals surface area contributed by atoms with E-state index in [-0.39, 0.29) is 5.91 Å². The molecular formula is C20H23F2N3O. The molecule has 1 amide bonds. The minimum absolute atomic E-state index is 0.133. The summed E-state index contributed by atoms with van der Waals surface area (Å²) in [6.45, 7) is 1.49. The van der Waals surface area contributed by atoms with Gasteiger partial charge in [-0.3, -0.25) is 14.8 Å². The Morgan fingerprint density at radius 3 is 2.88 bits per heavy atom. The van der Waals surface area contributed by atoms with Crippen LogP contribution in [-0.2, 0) is 17.6 Å². The fourth-order valence-electron chi connectivity index (χ4n) is 3.46. The molecule has 2 aromatic rings. The molecule has 1 saturated heterocycles. The quantitative estimate of drug-likeness (QED) is 0.792. The van der Waals surface area contributed by atoms with Gasteiger partial charge in [0.2, 0.25) is 5.91 Å². The number of amides is 1. The highest BCUT2D eigenvalue weighted by Crippen LogP contribution is 2.23. The third kappa shape index (κ3) is 5.07. The molecule has 1 atom stereocenters. The van der Waals surface area contributed by atoms with Crippen LogP contribution in [0.1, 0.15) is 36.9 Å². The van der Waals surface area contributed by atoms with Crippen molar-refractivity contribution in [1.29, 1.82) is 0 Å². The summed E-state index contributed by atoms with van der Waals surface area (Å²) < 4.78 is 26.7. The summed E-state index contributed by atoms with van der Waals surface area (Å²) in [6, 6.07) is 3.73. The number of piperidine rings is 1. The lowest BCUT2D eigenvalue weighted by Crippen LogP contribution is -2.40. The Labute approximate surface area is 152 Å². The summed E-state index contributed by atoms with van der Waals surface area (Å²) in [5.41, 5.74) is 1.36. The van der Waals surface area contributed by atoms with Gasteiger partial charge < -0.3 is 4.90 Å². The number of benzene rings is 1. The van der Waals surface area contributed by atoms with Gasteiger partial charge in [-0.05, 0) is 49.7 Å². The Hall–Kier alpha value is -2.37. The van der Waals surface area contributed by atoms with Crippen molar-refractivity contribution in [1.82, 2.24) is 14.9 Å². The molecule has 0 unspecified atom stereocenters. The summed E-state index contributed by atoms with van der Waals surface area (Å²) >= 11 is 0. The Bertz CT molecular complexity index is 739. The van der Waals surface area contributed by atoms with Crippen molar-refractivity contribution in [2.24, 2.45) is 5.92 Å². The van der Waals surface area contributed by atoms with E-state index in [0.29, 0.717) is 37.3 Å². The topological polar surface area (TPSA) is 46.1 Å². The van der Waals surface area contributed by atoms with E-state index >= 15 is 0 Å². The van der Waals surface area contributed by atoms with Crippen molar-refractivity contribution in [2.45, 2.75) is 38.5 Å². The predicted octanol–water partition coefficient (Wildman–Crippen LogP) is 3.56. The number of hydrogen-bond donors (Lipinski definition) is 0. The van der Waals surface area contributed by atoms with Crippen LogP contribution >= 0.6 is 0 Å². The lowest BCUT2D eigenvalue weighted by Gasteiger charge is -2.33. The lowest BCUT2D eigenvalue weighted by atomic mass is 9.91. The molecular weight excluding hydrogens is 336 g/mol. The average molecular weight is 359 g/mol. The van der Waals surface area contributed by atoms with Crippen LogP contribution in [0.3, 0.4) is 0 Å². The van der Waals surface area contributed by atoms with Gasteiger partial charge in [0, 0.05) is 44.2 Å². The first-order chi connectivity index (χ1) is 12.6. The number of nitrogens with zero attached hydrogens (tertiary/aromatic N) is 3. The lowest BCUT2D eigenvalue weighted by molar-refractivity contribution is -0.133. The number of rotatable bonds is 6. The van der Waals surface area contributed by atoms with Crippen molar-refractivity contribution < 1.29 is 13.6 Å². The molecule has 0 bridgehead atoms. The van der Waals surface area contributed by atoms with Gasteiger partial charge in [0.15, 0.2) is 0 Å². The summed E-state index contributed by atoms with van der Waals surface area (Å²) in [4.78, 5) is 22.6. The summed E-state index contributed by atoms with van der Waals surface area (Å²) in [7, 11) is 0. The zero-order valence-electron chi connectivity index (χ0n) is 14.7. The Morgan fingerprint density at radius 2 is 2.12 bits per heavy atom. The van der Waals surface area contributed by atoms with Gasteiger partial charge in [0.1, 0.15) is 11.6 Å². The summed E-state index contributed by atoms with van der Waals surface area (Å²) in [6.07, 6.45) is 9.32. The number of carbonyl (C=O) groups is 1. The molecule has 3 rings (SSSR count). The molecule has 1 aliphatic rings. The largest absolute Gasteiger partial charge is 0.342 e. The van der Waals surface area contributed by atoms with Crippen LogP contribution in [-0.4, -0.2) is 33.9 Å². The van der Waals surface area contributed by atoms with Crippen molar-refractivity contribution in [3.05, 3.63) is 59.7 Å². The highest BCUT2D eigenvalue weighted by molar-refractivity contribution is 5.76. The molecule has 1 aromatic heterocycles. The summed E-state index contributed by atoms with van der Waals surface area (Å²) in [5, 5.41) is 0. The van der Waals surface area contributed by atoms with E-state index in [1.807, 2.05) is 4.90 Å². The van der Waals surface area contributed by atoms with E-state index in [9.17, 15) is 13.6 Å². The van der Waals surface area contributed by atoms with Gasteiger partial charge in [0.25, 0.3) is 0 Å². The second-order valence-electron chi connectivity index (χ2n) is 6.82. The SMILES string of the molecule is O=C(CCc1cnccn1)N1CCC[C@@H](CCc2ccc(F)cc2F)C1. The van der Waals surface area contributed by atoms with Gasteiger partial charge in [-0.15, -0.1) is 0 Å². The first-order valence-corrected chi connectivity index (χ1v) is 9.08. The van der Waals surface area contributed by atoms with Crippen molar-refractivity contribution in [2.75, 3.05) is 13.1 Å². The van der Waals surface area contributed by atoms with Crippen molar-refractivity contribution in [3.63, 3.8) is 0 Å². The maximum absolute atomic E-state index is 13.8. The summed E-state index contributed by atoms with van der Waals surface area (Å²) in [5.74, 6) is -0.552. The number of aromatic nitrogens is 2. The molecule has 0 aliphatic carbocycles. The molecule has 0 radical (unpaired) electrons. The predicted molar refractivity (Wildman–Crippen MR) is 94.3 cm³/mol. The van der Waals surface area contributed by atoms with Gasteiger partial charge in [-0.25, -0.2) is 8.78 Å². The van der Waals surface area contributed by atoms with Crippen LogP contribution in [0.5, 0.6) is 0 Å². The van der Waals surface area contributed by atoms with Gasteiger partial charge in [0.05, 0.1) is 5.69 Å². The maximum Gasteiger partial charge on any atom is 0.222 e. The van der Waals surface area contributed by atoms with E-state index in [1.54, 1.807) is 18.6 Å². The number of hydrogen-bond acceptors (Lipinski definition) is 3. The number of carbonyl (C=O) groups excluding carboxylic acids is 1. The first-order valence-electron chi connectivity index (χ1n) is 9.08. The smallest absolute Gasteiger partial charge is 0.222 e. The minimum atomic E-state index is -0.552. The Kier molecular flexibility index (Phi) is 6.26. The molecule has 138 valence electrons. The molecule has 6 heteroatoms. The highest BCUT2D eigenvalue weighted by atomic mass is 19.1. The Balaban J connectivity index is 1.48. The van der Waals surface area contributed by atoms with Gasteiger partial charge >= 0.3 is 0 Å². The second kappa shape index (κ2) is 8.83. The molecule has 26 heavy (non-hydrogen) atoms. The van der Waals surface area contributed by atoms with E-state index in [2.05, 4.69) is 9.97 Å². The first kappa shape index (κ1) is 18.4. The zero-order valence-corrected chi connectivity index (χ0v) is 14.7. The highest BCUT2D eigenvalue weighted by Gasteiger charge is 2.23. The molecule has 2 heterocycles. The molecule has 4 nitrogen and oxygen atoms in total. The monoisotopic (exact) mass is 359 g/mol. The fraction of sp³-hybridized carbons (Fsp3) is 0.450. The maximum atomic E-state index is 13.8. The van der Waals surface area contributed by atoms with E-state index in [4.69, 9.17) is 0 Å². The minimum Gasteiger partial charge on any atom is -0.342 e. The molecule has 1 aliphatic heterocycles. The molecule has 0 N–H and O–H groups in total. The third-order valence-electron chi connectivity index (χ3n) is 4.92. The van der Waals surface area contributed by atoms with E-state index in [1.165, 1.54) is 12.1 Å². The van der Waals surface area contributed by atoms with Crippen LogP contribution in [0.15, 0.2) is 36.8 Å². The standard InChI is InChI=1S/C20H23F2N3O/c21-17-6-5-16(19(22)12-17)4-3-15-2-1-11-25(14-15)20(26)8-7-18-13-23-9-10-24-18/h5-6,9-10,12-13,15H,1-4,7-8,11,14H2/t15-/m0/s1. The number of halogens is 2. The van der Waals surface area contributed by atoms with E-state index in [0.717, 1.165) is 37.6 Å². The average Bonchev–Trinajstić information content (AvgIpc) is 2.66. The van der Waals surface area contributed by atoms with Gasteiger partial charge in [-0.2, -0.15) is 0 Å². The van der Waals surface area contributed by atoms with Crippen LogP contribution in [0.2, 0.25) is 0 Å². The van der Waals surface area contributed by atoms with Crippen molar-refractivity contribution in [3.8, 4) is 0 Å². The third-order valence-corrected chi connectivity index (χ3v) is 4.92. The molecule has 0 spiro atoms. The second-order valence-corrected chi connectivity index (χ2v) is 6.82. The Morgan fingerprint density at radius 1 is 1.23 bits per heavy atom. The molecule has 1 aromatic carbocycles. The van der Waals surface area contributed by atoms with Crippen molar-refractivity contribution >= 4 is 5.91 Å². The fourth-order valence-corrected chi connectivity index (χ4v) is 3.46. The van der Waals surface area contributed by atoms with E-state index < -0.39 is 11.6 Å². The van der Waals surface area contributed by atoms with Crippen LogP contribution in [0.4, 0.5) is 8.78 Å². The molecule has 0 saturated carbocycles. The zero-order chi connectivity index (χ0) is 18.4. The van der Waals surface area contributed by atoms with Crippen LogP contribution < -0.4 is 0 Å². The molecule has 1 fully saturated rings. The van der Waals surface area contributed by atoms with Crippen LogP contribution in [0, 0.1) is 17.6 Å².